The Morgan fingerprint density at radius 2 is 1.85 bits per heavy atom. The predicted molar refractivity (Wildman–Crippen MR) is 101 cm³/mol. The number of carbonyl (C=O) groups excluding carboxylic acids is 1. The Labute approximate surface area is 160 Å². The second kappa shape index (κ2) is 7.11. The molecule has 0 saturated carbocycles. The van der Waals surface area contributed by atoms with Crippen LogP contribution in [0.5, 0.6) is 0 Å². The average Bonchev–Trinajstić information content (AvgIpc) is 2.87. The van der Waals surface area contributed by atoms with Crippen molar-refractivity contribution in [2.45, 2.75) is 49.7 Å². The monoisotopic (exact) mass is 399 g/mol. The second-order valence-electron chi connectivity index (χ2n) is 7.29. The fourth-order valence-electron chi connectivity index (χ4n) is 3.82. The lowest BCUT2D eigenvalue weighted by Gasteiger charge is -2.42. The van der Waals surface area contributed by atoms with Gasteiger partial charge in [0.05, 0.1) is 16.6 Å². The van der Waals surface area contributed by atoms with Gasteiger partial charge in [0, 0.05) is 25.2 Å². The van der Waals surface area contributed by atoms with Gasteiger partial charge in [0.15, 0.2) is 0 Å². The van der Waals surface area contributed by atoms with Crippen molar-refractivity contribution in [3.05, 3.63) is 29.3 Å². The lowest BCUT2D eigenvalue weighted by atomic mass is 9.96. The standard InChI is InChI=1S/C18H26ClN3O3S/c1-4-13(2)16-17(23)21(3)18(20-16)9-11-22(12-10-18)26(24,25)15-7-5-14(19)6-8-15/h5-8,13,16,20H,4,9-12H2,1-3H3/t13-,16+/m1/s1. The minimum absolute atomic E-state index is 0.105. The van der Waals surface area contributed by atoms with Crippen molar-refractivity contribution in [1.29, 1.82) is 0 Å². The van der Waals surface area contributed by atoms with E-state index >= 15 is 0 Å². The molecule has 0 aliphatic carbocycles. The Balaban J connectivity index is 1.75. The molecule has 2 fully saturated rings. The third-order valence-electron chi connectivity index (χ3n) is 5.88. The molecule has 8 heteroatoms. The Morgan fingerprint density at radius 3 is 2.38 bits per heavy atom. The van der Waals surface area contributed by atoms with Crippen molar-refractivity contribution in [2.24, 2.45) is 5.92 Å². The maximum atomic E-state index is 12.8. The molecule has 1 spiro atoms. The molecule has 26 heavy (non-hydrogen) atoms. The molecular formula is C18H26ClN3O3S. The summed E-state index contributed by atoms with van der Waals surface area (Å²) in [7, 11) is -1.73. The van der Waals surface area contributed by atoms with E-state index in [-0.39, 0.29) is 22.8 Å². The molecule has 0 unspecified atom stereocenters. The summed E-state index contributed by atoms with van der Waals surface area (Å²) in [6.45, 7) is 4.90. The Hall–Kier alpha value is -1.15. The first-order valence-corrected chi connectivity index (χ1v) is 10.8. The van der Waals surface area contributed by atoms with Crippen molar-refractivity contribution in [1.82, 2.24) is 14.5 Å². The zero-order chi connectivity index (χ0) is 19.1. The number of hydrogen-bond donors (Lipinski definition) is 1. The maximum absolute atomic E-state index is 12.8. The summed E-state index contributed by atoms with van der Waals surface area (Å²) >= 11 is 5.86. The molecule has 2 saturated heterocycles. The fourth-order valence-corrected chi connectivity index (χ4v) is 5.39. The molecule has 3 rings (SSSR count). The number of hydrogen-bond acceptors (Lipinski definition) is 4. The highest BCUT2D eigenvalue weighted by molar-refractivity contribution is 7.89. The van der Waals surface area contributed by atoms with Gasteiger partial charge >= 0.3 is 0 Å². The lowest BCUT2D eigenvalue weighted by Crippen LogP contribution is -2.58. The first-order chi connectivity index (χ1) is 12.2. The molecule has 1 amide bonds. The van der Waals surface area contributed by atoms with Crippen molar-refractivity contribution in [3.63, 3.8) is 0 Å². The van der Waals surface area contributed by atoms with Crippen LogP contribution in [0.15, 0.2) is 29.2 Å². The number of likely N-dealkylation sites (N-methyl/N-ethyl adjacent to an activating group) is 1. The summed E-state index contributed by atoms with van der Waals surface area (Å²) in [5, 5.41) is 4.02. The zero-order valence-corrected chi connectivity index (χ0v) is 17.0. The minimum Gasteiger partial charge on any atom is -0.326 e. The van der Waals surface area contributed by atoms with Crippen molar-refractivity contribution >= 4 is 27.5 Å². The van der Waals surface area contributed by atoms with E-state index in [1.165, 1.54) is 16.4 Å². The quantitative estimate of drug-likeness (QED) is 0.843. The zero-order valence-electron chi connectivity index (χ0n) is 15.4. The van der Waals surface area contributed by atoms with Gasteiger partial charge in [-0.25, -0.2) is 8.42 Å². The van der Waals surface area contributed by atoms with Gasteiger partial charge in [-0.2, -0.15) is 4.31 Å². The van der Waals surface area contributed by atoms with E-state index in [4.69, 9.17) is 11.6 Å². The van der Waals surface area contributed by atoms with Crippen LogP contribution >= 0.6 is 11.6 Å². The summed E-state index contributed by atoms with van der Waals surface area (Å²) in [6, 6.07) is 6.04. The van der Waals surface area contributed by atoms with Gasteiger partial charge in [-0.05, 0) is 43.0 Å². The van der Waals surface area contributed by atoms with Gasteiger partial charge in [-0.3, -0.25) is 10.1 Å². The van der Waals surface area contributed by atoms with Gasteiger partial charge in [0.2, 0.25) is 15.9 Å². The second-order valence-corrected chi connectivity index (χ2v) is 9.67. The number of nitrogens with one attached hydrogen (secondary N) is 1. The van der Waals surface area contributed by atoms with E-state index in [1.54, 1.807) is 17.0 Å². The van der Waals surface area contributed by atoms with Crippen LogP contribution in [0.4, 0.5) is 0 Å². The SMILES string of the molecule is CC[C@@H](C)[C@@H]1NC2(CCN(S(=O)(=O)c3ccc(Cl)cc3)CC2)N(C)C1=O. The van der Waals surface area contributed by atoms with Gasteiger partial charge < -0.3 is 4.90 Å². The van der Waals surface area contributed by atoms with Gasteiger partial charge in [0.1, 0.15) is 0 Å². The molecule has 144 valence electrons. The molecule has 0 radical (unpaired) electrons. The Kier molecular flexibility index (Phi) is 5.36. The summed E-state index contributed by atoms with van der Waals surface area (Å²) in [5.74, 6) is 0.355. The van der Waals surface area contributed by atoms with Crippen LogP contribution < -0.4 is 5.32 Å². The minimum atomic E-state index is -3.55. The Morgan fingerprint density at radius 1 is 1.27 bits per heavy atom. The third kappa shape index (κ3) is 3.26. The Bertz CT molecular complexity index is 773. The van der Waals surface area contributed by atoms with Crippen LogP contribution in [0.1, 0.15) is 33.1 Å². The molecule has 0 bridgehead atoms. The van der Waals surface area contributed by atoms with E-state index in [2.05, 4.69) is 19.2 Å². The topological polar surface area (TPSA) is 69.7 Å². The molecule has 1 aromatic rings. The highest BCUT2D eigenvalue weighted by Crippen LogP contribution is 2.35. The number of nitrogens with zero attached hydrogens (tertiary/aromatic N) is 2. The third-order valence-corrected chi connectivity index (χ3v) is 8.04. The normalized spacial score (nSPS) is 25.0. The molecule has 6 nitrogen and oxygen atoms in total. The molecular weight excluding hydrogens is 374 g/mol. The van der Waals surface area contributed by atoms with Crippen LogP contribution in [-0.4, -0.2) is 55.4 Å². The molecule has 1 aromatic carbocycles. The number of halogens is 1. The van der Waals surface area contributed by atoms with Gasteiger partial charge in [-0.1, -0.05) is 31.9 Å². The van der Waals surface area contributed by atoms with Crippen LogP contribution in [0.3, 0.4) is 0 Å². The molecule has 0 aromatic heterocycles. The maximum Gasteiger partial charge on any atom is 0.243 e. The lowest BCUT2D eigenvalue weighted by molar-refractivity contribution is -0.132. The van der Waals surface area contributed by atoms with Crippen LogP contribution in [0, 0.1) is 5.92 Å². The number of benzene rings is 1. The number of piperidine rings is 1. The summed E-state index contributed by atoms with van der Waals surface area (Å²) < 4.78 is 27.2. The first kappa shape index (κ1) is 19.6. The van der Waals surface area contributed by atoms with Crippen molar-refractivity contribution < 1.29 is 13.2 Å². The molecule has 2 heterocycles. The fraction of sp³-hybridized carbons (Fsp3) is 0.611. The highest BCUT2D eigenvalue weighted by atomic mass is 35.5. The summed E-state index contributed by atoms with van der Waals surface area (Å²) in [6.07, 6.45) is 2.08. The van der Waals surface area contributed by atoms with Gasteiger partial charge in [0.25, 0.3) is 0 Å². The molecule has 1 N–H and O–H groups in total. The van der Waals surface area contributed by atoms with E-state index in [0.717, 1.165) is 6.42 Å². The predicted octanol–water partition coefficient (Wildman–Crippen LogP) is 2.30. The first-order valence-electron chi connectivity index (χ1n) is 9.02. The molecule has 2 aliphatic heterocycles. The van der Waals surface area contributed by atoms with E-state index in [0.29, 0.717) is 31.0 Å². The molecule has 2 aliphatic rings. The van der Waals surface area contributed by atoms with Crippen LogP contribution in [0.25, 0.3) is 0 Å². The number of sulfonamides is 1. The van der Waals surface area contributed by atoms with Crippen molar-refractivity contribution in [2.75, 3.05) is 20.1 Å². The summed E-state index contributed by atoms with van der Waals surface area (Å²) in [5.41, 5.74) is -0.447. The average molecular weight is 400 g/mol. The van der Waals surface area contributed by atoms with E-state index in [1.807, 2.05) is 7.05 Å². The number of rotatable bonds is 4. The van der Waals surface area contributed by atoms with E-state index in [9.17, 15) is 13.2 Å². The van der Waals surface area contributed by atoms with Crippen molar-refractivity contribution in [3.8, 4) is 0 Å². The number of carbonyl (C=O) groups is 1. The highest BCUT2D eigenvalue weighted by Gasteiger charge is 2.51. The smallest absolute Gasteiger partial charge is 0.243 e. The number of amides is 1. The van der Waals surface area contributed by atoms with Crippen LogP contribution in [0.2, 0.25) is 5.02 Å². The largest absolute Gasteiger partial charge is 0.326 e. The summed E-state index contributed by atoms with van der Waals surface area (Å²) in [4.78, 5) is 14.7. The van der Waals surface area contributed by atoms with E-state index < -0.39 is 15.7 Å². The van der Waals surface area contributed by atoms with Gasteiger partial charge in [-0.15, -0.1) is 0 Å². The van der Waals surface area contributed by atoms with Crippen LogP contribution in [-0.2, 0) is 14.8 Å². The molecule has 2 atom stereocenters.